The monoisotopic (exact) mass is 451 g/mol. The van der Waals surface area contributed by atoms with E-state index in [1.54, 1.807) is 18.9 Å². The molecule has 0 bridgehead atoms. The van der Waals surface area contributed by atoms with Crippen LogP contribution in [0.15, 0.2) is 48.5 Å². The molecule has 3 rings (SSSR count). The van der Waals surface area contributed by atoms with Crippen molar-refractivity contribution in [1.29, 1.82) is 0 Å². The first-order chi connectivity index (χ1) is 14.3. The number of rotatable bonds is 9. The molecule has 0 N–H and O–H groups in total. The third-order valence-corrected chi connectivity index (χ3v) is 7.88. The van der Waals surface area contributed by atoms with Crippen LogP contribution in [0.25, 0.3) is 0 Å². The molecule has 1 saturated heterocycles. The Morgan fingerprint density at radius 1 is 1.17 bits per heavy atom. The van der Waals surface area contributed by atoms with E-state index in [2.05, 4.69) is 0 Å². The summed E-state index contributed by atoms with van der Waals surface area (Å²) < 4.78 is 44.3. The van der Waals surface area contributed by atoms with Crippen molar-refractivity contribution in [3.63, 3.8) is 0 Å². The van der Waals surface area contributed by atoms with Gasteiger partial charge in [0, 0.05) is 35.6 Å². The second-order valence-electron chi connectivity index (χ2n) is 7.47. The minimum absolute atomic E-state index is 0.0993. The zero-order valence-electron chi connectivity index (χ0n) is 17.1. The summed E-state index contributed by atoms with van der Waals surface area (Å²) in [6.07, 6.45) is 2.63. The highest BCUT2D eigenvalue weighted by Gasteiger charge is 2.37. The van der Waals surface area contributed by atoms with Gasteiger partial charge in [0.05, 0.1) is 13.4 Å². The lowest BCUT2D eigenvalue weighted by atomic mass is 10.0. The molecule has 0 spiro atoms. The summed E-state index contributed by atoms with van der Waals surface area (Å²) >= 11 is 1.73. The summed E-state index contributed by atoms with van der Waals surface area (Å²) in [4.78, 5) is 12.4. The SMILES string of the molecule is COc1ccc(CSC2CC(CCC(=O)c3ccc(F)cc3)N(S(C)(=O)=O)C2)cc1. The Kier molecular flexibility index (Phi) is 7.55. The number of methoxy groups -OCH3 is 1. The van der Waals surface area contributed by atoms with Crippen LogP contribution in [0.4, 0.5) is 4.39 Å². The molecular weight excluding hydrogens is 425 g/mol. The largest absolute Gasteiger partial charge is 0.497 e. The first-order valence-electron chi connectivity index (χ1n) is 9.76. The van der Waals surface area contributed by atoms with Crippen molar-refractivity contribution >= 4 is 27.6 Å². The second-order valence-corrected chi connectivity index (χ2v) is 10.7. The van der Waals surface area contributed by atoms with Crippen LogP contribution in [-0.2, 0) is 15.8 Å². The van der Waals surface area contributed by atoms with E-state index in [1.807, 2.05) is 24.3 Å². The van der Waals surface area contributed by atoms with Gasteiger partial charge in [0.1, 0.15) is 11.6 Å². The summed E-state index contributed by atoms with van der Waals surface area (Å²) in [6, 6.07) is 13.1. The molecule has 2 atom stereocenters. The van der Waals surface area contributed by atoms with Crippen LogP contribution in [0.5, 0.6) is 5.75 Å². The standard InChI is InChI=1S/C22H26FNO4S2/c1-28-20-10-3-16(4-11-20)15-29-21-13-19(24(14-21)30(2,26)27)9-12-22(25)17-5-7-18(23)8-6-17/h3-8,10-11,19,21H,9,12-15H2,1-2H3. The minimum atomic E-state index is -3.35. The van der Waals surface area contributed by atoms with Crippen LogP contribution in [0, 0.1) is 5.82 Å². The average Bonchev–Trinajstić information content (AvgIpc) is 3.15. The molecule has 162 valence electrons. The molecule has 2 aromatic carbocycles. The molecule has 0 radical (unpaired) electrons. The van der Waals surface area contributed by atoms with Gasteiger partial charge in [-0.1, -0.05) is 12.1 Å². The highest BCUT2D eigenvalue weighted by atomic mass is 32.2. The molecule has 1 aliphatic rings. The third kappa shape index (κ3) is 6.06. The van der Waals surface area contributed by atoms with E-state index in [4.69, 9.17) is 4.74 Å². The highest BCUT2D eigenvalue weighted by molar-refractivity contribution is 7.99. The second kappa shape index (κ2) is 9.94. The summed E-state index contributed by atoms with van der Waals surface area (Å²) in [5.74, 6) is 1.10. The lowest BCUT2D eigenvalue weighted by Crippen LogP contribution is -2.35. The summed E-state index contributed by atoms with van der Waals surface area (Å²) in [5, 5.41) is 0.174. The fourth-order valence-corrected chi connectivity index (χ4v) is 6.17. The maximum absolute atomic E-state index is 13.0. The Labute approximate surface area is 181 Å². The van der Waals surface area contributed by atoms with Crippen LogP contribution in [-0.4, -0.2) is 49.7 Å². The van der Waals surface area contributed by atoms with Gasteiger partial charge in [0.15, 0.2) is 5.78 Å². The van der Waals surface area contributed by atoms with Gasteiger partial charge in [0.25, 0.3) is 0 Å². The van der Waals surface area contributed by atoms with E-state index in [1.165, 1.54) is 34.8 Å². The van der Waals surface area contributed by atoms with Crippen molar-refractivity contribution in [2.45, 2.75) is 36.3 Å². The van der Waals surface area contributed by atoms with Crippen molar-refractivity contribution in [3.8, 4) is 5.75 Å². The van der Waals surface area contributed by atoms with Gasteiger partial charge in [-0.15, -0.1) is 0 Å². The first-order valence-corrected chi connectivity index (χ1v) is 12.7. The van der Waals surface area contributed by atoms with Gasteiger partial charge in [0.2, 0.25) is 10.0 Å². The number of halogens is 1. The van der Waals surface area contributed by atoms with Crippen LogP contribution in [0.1, 0.15) is 35.2 Å². The van der Waals surface area contributed by atoms with Crippen molar-refractivity contribution in [3.05, 3.63) is 65.5 Å². The van der Waals surface area contributed by atoms with Gasteiger partial charge in [-0.25, -0.2) is 12.8 Å². The number of sulfonamides is 1. The smallest absolute Gasteiger partial charge is 0.211 e. The molecule has 30 heavy (non-hydrogen) atoms. The Bertz CT molecular complexity index is 962. The Balaban J connectivity index is 1.58. The van der Waals surface area contributed by atoms with E-state index in [0.717, 1.165) is 17.1 Å². The first kappa shape index (κ1) is 22.8. The fraction of sp³-hybridized carbons (Fsp3) is 0.409. The Morgan fingerprint density at radius 3 is 2.43 bits per heavy atom. The van der Waals surface area contributed by atoms with Crippen molar-refractivity contribution in [2.75, 3.05) is 19.9 Å². The van der Waals surface area contributed by atoms with Gasteiger partial charge < -0.3 is 4.74 Å². The molecule has 0 aliphatic carbocycles. The maximum Gasteiger partial charge on any atom is 0.211 e. The van der Waals surface area contributed by atoms with Crippen LogP contribution in [0.3, 0.4) is 0 Å². The Hall–Kier alpha value is -1.90. The molecule has 1 heterocycles. The zero-order valence-corrected chi connectivity index (χ0v) is 18.7. The number of nitrogens with zero attached hydrogens (tertiary/aromatic N) is 1. The number of hydrogen-bond donors (Lipinski definition) is 0. The molecule has 1 fully saturated rings. The van der Waals surface area contributed by atoms with Gasteiger partial charge in [-0.2, -0.15) is 16.1 Å². The molecule has 2 unspecified atom stereocenters. The highest BCUT2D eigenvalue weighted by Crippen LogP contribution is 2.33. The molecule has 0 aromatic heterocycles. The number of ketones is 1. The van der Waals surface area contributed by atoms with E-state index in [9.17, 15) is 17.6 Å². The number of ether oxygens (including phenoxy) is 1. The zero-order chi connectivity index (χ0) is 21.7. The van der Waals surface area contributed by atoms with Crippen LogP contribution < -0.4 is 4.74 Å². The number of benzene rings is 2. The number of hydrogen-bond acceptors (Lipinski definition) is 5. The fourth-order valence-electron chi connectivity index (χ4n) is 3.65. The lowest BCUT2D eigenvalue weighted by molar-refractivity contribution is 0.0973. The van der Waals surface area contributed by atoms with Crippen LogP contribution >= 0.6 is 11.8 Å². The van der Waals surface area contributed by atoms with Crippen molar-refractivity contribution in [2.24, 2.45) is 0 Å². The molecular formula is C22H26FNO4S2. The third-order valence-electron chi connectivity index (χ3n) is 5.27. The molecule has 5 nitrogen and oxygen atoms in total. The topological polar surface area (TPSA) is 63.7 Å². The van der Waals surface area contributed by atoms with Gasteiger partial charge in [-0.3, -0.25) is 4.79 Å². The molecule has 0 amide bonds. The quantitative estimate of drug-likeness (QED) is 0.537. The summed E-state index contributed by atoms with van der Waals surface area (Å²) in [5.41, 5.74) is 1.60. The number of carbonyl (C=O) groups is 1. The summed E-state index contributed by atoms with van der Waals surface area (Å²) in [6.45, 7) is 0.453. The average molecular weight is 452 g/mol. The molecule has 1 aliphatic heterocycles. The van der Waals surface area contributed by atoms with Gasteiger partial charge in [-0.05, 0) is 54.8 Å². The van der Waals surface area contributed by atoms with E-state index >= 15 is 0 Å². The van der Waals surface area contributed by atoms with Crippen molar-refractivity contribution in [1.82, 2.24) is 4.31 Å². The van der Waals surface area contributed by atoms with E-state index < -0.39 is 10.0 Å². The Morgan fingerprint density at radius 2 is 1.83 bits per heavy atom. The predicted octanol–water partition coefficient (Wildman–Crippen LogP) is 4.13. The van der Waals surface area contributed by atoms with Crippen LogP contribution in [0.2, 0.25) is 0 Å². The maximum atomic E-state index is 13.0. The molecule has 2 aromatic rings. The van der Waals surface area contributed by atoms with E-state index in [0.29, 0.717) is 24.9 Å². The number of thioether (sulfide) groups is 1. The van der Waals surface area contributed by atoms with Crippen molar-refractivity contribution < 1.29 is 22.3 Å². The van der Waals surface area contributed by atoms with Gasteiger partial charge >= 0.3 is 0 Å². The molecule has 0 saturated carbocycles. The lowest BCUT2D eigenvalue weighted by Gasteiger charge is -2.21. The van der Waals surface area contributed by atoms with E-state index in [-0.39, 0.29) is 29.3 Å². The molecule has 8 heteroatoms. The normalized spacial score (nSPS) is 19.7. The number of Topliss-reactive ketones (excluding diaryl/α,β-unsaturated/α-hetero) is 1. The summed E-state index contributed by atoms with van der Waals surface area (Å²) in [7, 11) is -1.72. The minimum Gasteiger partial charge on any atom is -0.497 e. The predicted molar refractivity (Wildman–Crippen MR) is 118 cm³/mol. The number of carbonyl (C=O) groups excluding carboxylic acids is 1.